The van der Waals surface area contributed by atoms with Crippen LogP contribution in [0.5, 0.6) is 5.75 Å². The highest BCUT2D eigenvalue weighted by atomic mass is 32.2. The summed E-state index contributed by atoms with van der Waals surface area (Å²) in [5, 5.41) is 17.9. The number of rotatable bonds is 7. The summed E-state index contributed by atoms with van der Waals surface area (Å²) in [4.78, 5) is 0. The predicted octanol–water partition coefficient (Wildman–Crippen LogP) is 2.37. The zero-order chi connectivity index (χ0) is 14.4. The molecule has 3 N–H and O–H groups in total. The second kappa shape index (κ2) is 7.72. The molecule has 0 aliphatic carbocycles. The lowest BCUT2D eigenvalue weighted by Crippen LogP contribution is -2.20. The summed E-state index contributed by atoms with van der Waals surface area (Å²) in [5.74, 6) is 1.22. The van der Waals surface area contributed by atoms with Crippen LogP contribution in [0.25, 0.3) is 0 Å². The molecule has 0 amide bonds. The van der Waals surface area contributed by atoms with Gasteiger partial charge in [-0.3, -0.25) is 0 Å². The molecular weight excluding hydrogens is 314 g/mol. The lowest BCUT2D eigenvalue weighted by molar-refractivity contribution is 0.126. The molecular formula is C12H15N3O2S3. The molecule has 0 saturated carbocycles. The Bertz CT molecular complexity index is 533. The smallest absolute Gasteiger partial charge is 0.175 e. The third-order valence-corrected chi connectivity index (χ3v) is 5.46. The number of ether oxygens (including phenoxy) is 1. The van der Waals surface area contributed by atoms with Crippen molar-refractivity contribution in [2.45, 2.75) is 14.8 Å². The third kappa shape index (κ3) is 4.86. The van der Waals surface area contributed by atoms with E-state index in [1.807, 2.05) is 6.26 Å². The van der Waals surface area contributed by atoms with Crippen LogP contribution in [0.3, 0.4) is 0 Å². The summed E-state index contributed by atoms with van der Waals surface area (Å²) >= 11 is 4.58. The van der Waals surface area contributed by atoms with Crippen molar-refractivity contribution >= 4 is 40.5 Å². The second-order valence-corrected chi connectivity index (χ2v) is 7.18. The van der Waals surface area contributed by atoms with Crippen molar-refractivity contribution in [3.05, 3.63) is 24.3 Å². The Balaban J connectivity index is 1.72. The number of aliphatic hydroxyl groups is 1. The quantitative estimate of drug-likeness (QED) is 0.596. The van der Waals surface area contributed by atoms with Crippen LogP contribution in [0.15, 0.2) is 32.9 Å². The molecule has 0 saturated heterocycles. The van der Waals surface area contributed by atoms with E-state index in [1.54, 1.807) is 36.0 Å². The first kappa shape index (κ1) is 15.4. The number of hydrogen-bond acceptors (Lipinski definition) is 8. The molecule has 8 heteroatoms. The Hall–Kier alpha value is -0.960. The van der Waals surface area contributed by atoms with Crippen molar-refractivity contribution in [2.75, 3.05) is 24.3 Å². The Kier molecular flexibility index (Phi) is 5.96. The zero-order valence-corrected chi connectivity index (χ0v) is 13.3. The monoisotopic (exact) mass is 329 g/mol. The molecule has 1 aromatic carbocycles. The molecule has 1 aromatic heterocycles. The lowest BCUT2D eigenvalue weighted by Gasteiger charge is -2.11. The molecule has 1 unspecified atom stereocenters. The van der Waals surface area contributed by atoms with Crippen molar-refractivity contribution in [3.8, 4) is 5.75 Å². The molecule has 2 rings (SSSR count). The number of benzene rings is 1. The number of hydrogen-bond donors (Lipinski definition) is 2. The molecule has 20 heavy (non-hydrogen) atoms. The predicted molar refractivity (Wildman–Crippen MR) is 84.8 cm³/mol. The maximum absolute atomic E-state index is 9.87. The van der Waals surface area contributed by atoms with Crippen LogP contribution in [-0.2, 0) is 0 Å². The minimum absolute atomic E-state index is 0.241. The molecule has 108 valence electrons. The van der Waals surface area contributed by atoms with E-state index >= 15 is 0 Å². The number of nitrogens with zero attached hydrogens (tertiary/aromatic N) is 2. The highest BCUT2D eigenvalue weighted by Crippen LogP contribution is 2.27. The summed E-state index contributed by atoms with van der Waals surface area (Å²) in [7, 11) is 0. The largest absolute Gasteiger partial charge is 0.491 e. The van der Waals surface area contributed by atoms with Gasteiger partial charge in [-0.1, -0.05) is 34.9 Å². The molecule has 0 aliphatic rings. The lowest BCUT2D eigenvalue weighted by atomic mass is 10.3. The standard InChI is InChI=1S/C12H15N3O2S3/c1-18-11-14-15-12(20-11)19-7-9(16)6-17-10-4-2-8(13)3-5-10/h2-5,9,16H,6-7,13H2,1H3. The van der Waals surface area contributed by atoms with Crippen molar-refractivity contribution in [1.29, 1.82) is 0 Å². The number of thioether (sulfide) groups is 2. The average molecular weight is 329 g/mol. The number of aliphatic hydroxyl groups excluding tert-OH is 1. The molecule has 0 spiro atoms. The molecule has 1 heterocycles. The van der Waals surface area contributed by atoms with E-state index in [0.29, 0.717) is 17.2 Å². The van der Waals surface area contributed by atoms with Gasteiger partial charge in [0.25, 0.3) is 0 Å². The van der Waals surface area contributed by atoms with Crippen LogP contribution in [0.1, 0.15) is 0 Å². The van der Waals surface area contributed by atoms with Crippen LogP contribution in [0.4, 0.5) is 5.69 Å². The number of nitrogen functional groups attached to an aromatic ring is 1. The second-order valence-electron chi connectivity index (χ2n) is 3.88. The minimum atomic E-state index is -0.556. The van der Waals surface area contributed by atoms with Crippen LogP contribution < -0.4 is 10.5 Å². The number of anilines is 1. The van der Waals surface area contributed by atoms with E-state index in [4.69, 9.17) is 10.5 Å². The van der Waals surface area contributed by atoms with Crippen molar-refractivity contribution in [2.24, 2.45) is 0 Å². The zero-order valence-electron chi connectivity index (χ0n) is 10.9. The first-order chi connectivity index (χ1) is 9.67. The van der Waals surface area contributed by atoms with Crippen LogP contribution in [-0.4, -0.2) is 40.0 Å². The molecule has 1 atom stereocenters. The molecule has 0 radical (unpaired) electrons. The number of nitrogens with two attached hydrogens (primary N) is 1. The van der Waals surface area contributed by atoms with Gasteiger partial charge >= 0.3 is 0 Å². The van der Waals surface area contributed by atoms with Gasteiger partial charge in [0.2, 0.25) is 0 Å². The summed E-state index contributed by atoms with van der Waals surface area (Å²) < 4.78 is 7.27. The molecule has 2 aromatic rings. The molecule has 5 nitrogen and oxygen atoms in total. The fourth-order valence-electron chi connectivity index (χ4n) is 1.31. The highest BCUT2D eigenvalue weighted by molar-refractivity contribution is 8.02. The summed E-state index contributed by atoms with van der Waals surface area (Å²) in [6, 6.07) is 7.10. The normalized spacial score (nSPS) is 12.3. The minimum Gasteiger partial charge on any atom is -0.491 e. The van der Waals surface area contributed by atoms with Gasteiger partial charge in [0.1, 0.15) is 12.4 Å². The fraction of sp³-hybridized carbons (Fsp3) is 0.333. The Morgan fingerprint density at radius 1 is 1.30 bits per heavy atom. The molecule has 0 bridgehead atoms. The first-order valence-electron chi connectivity index (χ1n) is 5.84. The Morgan fingerprint density at radius 2 is 2.00 bits per heavy atom. The third-order valence-electron chi connectivity index (χ3n) is 2.28. The van der Waals surface area contributed by atoms with E-state index in [9.17, 15) is 5.11 Å². The summed E-state index contributed by atoms with van der Waals surface area (Å²) in [6.45, 7) is 0.241. The van der Waals surface area contributed by atoms with Crippen LogP contribution in [0, 0.1) is 0 Å². The van der Waals surface area contributed by atoms with Gasteiger partial charge in [0.05, 0.1) is 6.10 Å². The average Bonchev–Trinajstić information content (AvgIpc) is 2.92. The van der Waals surface area contributed by atoms with Gasteiger partial charge in [-0.15, -0.1) is 10.2 Å². The fourth-order valence-corrected chi connectivity index (χ4v) is 3.68. The molecule has 0 fully saturated rings. The summed E-state index contributed by atoms with van der Waals surface area (Å²) in [6.07, 6.45) is 1.41. The van der Waals surface area contributed by atoms with Crippen molar-refractivity contribution in [1.82, 2.24) is 10.2 Å². The van der Waals surface area contributed by atoms with E-state index in [0.717, 1.165) is 8.68 Å². The van der Waals surface area contributed by atoms with E-state index in [-0.39, 0.29) is 6.61 Å². The summed E-state index contributed by atoms with van der Waals surface area (Å²) in [5.41, 5.74) is 6.28. The maximum atomic E-state index is 9.87. The van der Waals surface area contributed by atoms with Gasteiger partial charge in [0, 0.05) is 11.4 Å². The van der Waals surface area contributed by atoms with E-state index in [1.165, 1.54) is 23.1 Å². The van der Waals surface area contributed by atoms with Crippen molar-refractivity contribution < 1.29 is 9.84 Å². The first-order valence-corrected chi connectivity index (χ1v) is 8.87. The van der Waals surface area contributed by atoms with Gasteiger partial charge in [0.15, 0.2) is 8.68 Å². The maximum Gasteiger partial charge on any atom is 0.175 e. The SMILES string of the molecule is CSc1nnc(SCC(O)COc2ccc(N)cc2)s1. The van der Waals surface area contributed by atoms with Gasteiger partial charge < -0.3 is 15.6 Å². The van der Waals surface area contributed by atoms with Gasteiger partial charge in [-0.05, 0) is 30.5 Å². The van der Waals surface area contributed by atoms with Gasteiger partial charge in [-0.25, -0.2) is 0 Å². The Morgan fingerprint density at radius 3 is 2.65 bits per heavy atom. The van der Waals surface area contributed by atoms with Crippen LogP contribution in [0.2, 0.25) is 0 Å². The molecule has 0 aliphatic heterocycles. The van der Waals surface area contributed by atoms with Gasteiger partial charge in [-0.2, -0.15) is 0 Å². The van der Waals surface area contributed by atoms with E-state index < -0.39 is 6.10 Å². The number of aromatic nitrogens is 2. The Labute approximate surface area is 129 Å². The van der Waals surface area contributed by atoms with Crippen molar-refractivity contribution in [3.63, 3.8) is 0 Å². The highest BCUT2D eigenvalue weighted by Gasteiger charge is 2.09. The topological polar surface area (TPSA) is 81.3 Å². The van der Waals surface area contributed by atoms with E-state index in [2.05, 4.69) is 10.2 Å². The van der Waals surface area contributed by atoms with Crippen LogP contribution >= 0.6 is 34.9 Å².